The van der Waals surface area contributed by atoms with Crippen molar-refractivity contribution in [2.45, 2.75) is 44.8 Å². The van der Waals surface area contributed by atoms with Crippen LogP contribution in [0, 0.1) is 0 Å². The molecule has 2 aromatic carbocycles. The van der Waals surface area contributed by atoms with E-state index in [0.717, 1.165) is 28.5 Å². The molecule has 0 spiro atoms. The molecule has 1 aliphatic heterocycles. The summed E-state index contributed by atoms with van der Waals surface area (Å²) in [5, 5.41) is 3.97. The van der Waals surface area contributed by atoms with Crippen molar-refractivity contribution in [1.82, 2.24) is 15.2 Å². The zero-order valence-corrected chi connectivity index (χ0v) is 18.7. The molecule has 0 saturated carbocycles. The number of amides is 2. The summed E-state index contributed by atoms with van der Waals surface area (Å²) in [6.45, 7) is 4.49. The molecule has 0 radical (unpaired) electrons. The smallest absolute Gasteiger partial charge is 0.245 e. The van der Waals surface area contributed by atoms with Crippen LogP contribution in [0.25, 0.3) is 10.9 Å². The summed E-state index contributed by atoms with van der Waals surface area (Å²) in [4.78, 5) is 31.2. The molecule has 2 heterocycles. The van der Waals surface area contributed by atoms with E-state index in [9.17, 15) is 9.59 Å². The molecule has 3 aromatic rings. The van der Waals surface area contributed by atoms with E-state index in [2.05, 4.69) is 22.4 Å². The number of nitrogens with two attached hydrogens (primary N) is 1. The van der Waals surface area contributed by atoms with Crippen LogP contribution in [-0.4, -0.2) is 39.8 Å². The molecule has 1 atom stereocenters. The van der Waals surface area contributed by atoms with Crippen molar-refractivity contribution >= 4 is 35.1 Å². The Labute approximate surface area is 188 Å². The van der Waals surface area contributed by atoms with Crippen LogP contribution < -0.4 is 11.1 Å². The van der Waals surface area contributed by atoms with Crippen LogP contribution in [0.4, 0.5) is 0 Å². The lowest BCUT2D eigenvalue weighted by atomic mass is 9.97. The Morgan fingerprint density at radius 2 is 1.81 bits per heavy atom. The predicted molar refractivity (Wildman–Crippen MR) is 125 cm³/mol. The van der Waals surface area contributed by atoms with Gasteiger partial charge in [0.2, 0.25) is 11.8 Å². The number of fused-ring (bicyclic) bond motifs is 2. The third kappa shape index (κ3) is 4.92. The highest BCUT2D eigenvalue weighted by molar-refractivity contribution is 5.92. The van der Waals surface area contributed by atoms with E-state index in [1.807, 2.05) is 47.5 Å². The molecule has 31 heavy (non-hydrogen) atoms. The first-order valence-corrected chi connectivity index (χ1v) is 10.3. The molecule has 0 fully saturated rings. The molecule has 1 aromatic heterocycles. The average molecular weight is 441 g/mol. The molecule has 0 aliphatic carbocycles. The Kier molecular flexibility index (Phi) is 6.72. The number of nitrogens with zero attached hydrogens (tertiary/aromatic N) is 1. The van der Waals surface area contributed by atoms with Crippen molar-refractivity contribution in [2.75, 3.05) is 6.54 Å². The predicted octanol–water partition coefficient (Wildman–Crippen LogP) is 2.94. The first-order valence-electron chi connectivity index (χ1n) is 10.3. The maximum absolute atomic E-state index is 13.5. The number of aromatic amines is 1. The van der Waals surface area contributed by atoms with Gasteiger partial charge in [0.15, 0.2) is 0 Å². The summed E-state index contributed by atoms with van der Waals surface area (Å²) >= 11 is 0. The molecule has 2 amide bonds. The Bertz CT molecular complexity index is 1090. The average Bonchev–Trinajstić information content (AvgIpc) is 3.14. The summed E-state index contributed by atoms with van der Waals surface area (Å²) < 4.78 is 0. The van der Waals surface area contributed by atoms with Gasteiger partial charge in [0.25, 0.3) is 0 Å². The van der Waals surface area contributed by atoms with Crippen LogP contribution in [0.2, 0.25) is 0 Å². The van der Waals surface area contributed by atoms with Gasteiger partial charge in [0.1, 0.15) is 6.04 Å². The van der Waals surface area contributed by atoms with E-state index in [1.54, 1.807) is 13.8 Å². The number of aromatic nitrogens is 1. The maximum Gasteiger partial charge on any atom is 0.245 e. The molecule has 6 nitrogen and oxygen atoms in total. The minimum atomic E-state index is -1.06. The van der Waals surface area contributed by atoms with Crippen molar-refractivity contribution < 1.29 is 9.59 Å². The monoisotopic (exact) mass is 440 g/mol. The van der Waals surface area contributed by atoms with Gasteiger partial charge in [0.05, 0.1) is 5.54 Å². The molecule has 4 N–H and O–H groups in total. The van der Waals surface area contributed by atoms with Gasteiger partial charge >= 0.3 is 0 Å². The highest BCUT2D eigenvalue weighted by Crippen LogP contribution is 2.22. The molecule has 164 valence electrons. The normalized spacial score (nSPS) is 14.5. The quantitative estimate of drug-likeness (QED) is 0.569. The van der Waals surface area contributed by atoms with E-state index in [1.165, 1.54) is 5.56 Å². The van der Waals surface area contributed by atoms with Crippen LogP contribution in [0.1, 0.15) is 30.5 Å². The van der Waals surface area contributed by atoms with E-state index < -0.39 is 11.6 Å². The number of halogens is 1. The van der Waals surface area contributed by atoms with Gasteiger partial charge in [-0.1, -0.05) is 42.5 Å². The molecule has 1 aliphatic rings. The third-order valence-electron chi connectivity index (χ3n) is 5.73. The number of para-hydroxylation sites is 1. The summed E-state index contributed by atoms with van der Waals surface area (Å²) in [6, 6.07) is 15.5. The second kappa shape index (κ2) is 9.12. The number of carbonyl (C=O) groups is 2. The minimum Gasteiger partial charge on any atom is -0.361 e. The molecular formula is C24H29ClN4O2. The number of benzene rings is 2. The lowest BCUT2D eigenvalue weighted by Crippen LogP contribution is -2.57. The highest BCUT2D eigenvalue weighted by Gasteiger charge is 2.32. The van der Waals surface area contributed by atoms with Gasteiger partial charge in [0, 0.05) is 36.6 Å². The van der Waals surface area contributed by atoms with Crippen molar-refractivity contribution in [2.24, 2.45) is 5.73 Å². The fourth-order valence-electron chi connectivity index (χ4n) is 3.97. The number of H-pyrrole nitrogens is 1. The zero-order chi connectivity index (χ0) is 21.3. The standard InChI is InChI=1S/C24H28N4O2.ClH/c1-24(2,25)23(30)27-21(13-18-14-26-20-10-6-5-9-19(18)20)22(29)28-12-11-16-7-3-4-8-17(16)15-28;/h3-10,14,21,26H,11-13,15,25H2,1-2H3,(H,27,30);1H/t21-;/m1./s1. The lowest BCUT2D eigenvalue weighted by Gasteiger charge is -2.33. The Morgan fingerprint density at radius 3 is 2.55 bits per heavy atom. The molecule has 0 unspecified atom stereocenters. The Morgan fingerprint density at radius 1 is 1.13 bits per heavy atom. The number of hydrogen-bond donors (Lipinski definition) is 3. The van der Waals surface area contributed by atoms with Crippen LogP contribution in [-0.2, 0) is 29.0 Å². The summed E-state index contributed by atoms with van der Waals surface area (Å²) in [5.41, 5.74) is 9.37. The Hall–Kier alpha value is -2.83. The van der Waals surface area contributed by atoms with Crippen LogP contribution in [0.15, 0.2) is 54.7 Å². The van der Waals surface area contributed by atoms with Crippen molar-refractivity contribution in [3.05, 3.63) is 71.4 Å². The topological polar surface area (TPSA) is 91.2 Å². The van der Waals surface area contributed by atoms with E-state index in [4.69, 9.17) is 5.73 Å². The fourth-order valence-corrected chi connectivity index (χ4v) is 3.97. The van der Waals surface area contributed by atoms with Crippen LogP contribution >= 0.6 is 12.4 Å². The first-order chi connectivity index (χ1) is 14.3. The van der Waals surface area contributed by atoms with E-state index >= 15 is 0 Å². The van der Waals surface area contributed by atoms with Gasteiger partial charge in [-0.3, -0.25) is 9.59 Å². The van der Waals surface area contributed by atoms with Crippen molar-refractivity contribution in [3.63, 3.8) is 0 Å². The van der Waals surface area contributed by atoms with Gasteiger partial charge in [-0.15, -0.1) is 12.4 Å². The zero-order valence-electron chi connectivity index (χ0n) is 17.9. The van der Waals surface area contributed by atoms with Crippen molar-refractivity contribution in [1.29, 1.82) is 0 Å². The van der Waals surface area contributed by atoms with Gasteiger partial charge in [-0.2, -0.15) is 0 Å². The highest BCUT2D eigenvalue weighted by atomic mass is 35.5. The first kappa shape index (κ1) is 22.8. The van der Waals surface area contributed by atoms with Gasteiger partial charge in [-0.25, -0.2) is 0 Å². The SMILES string of the molecule is CC(C)(N)C(=O)N[C@H](Cc1c[nH]c2ccccc12)C(=O)N1CCc2ccccc2C1.Cl. The molecule has 4 rings (SSSR count). The molecular weight excluding hydrogens is 412 g/mol. The van der Waals surface area contributed by atoms with Crippen LogP contribution in [0.3, 0.4) is 0 Å². The van der Waals surface area contributed by atoms with Gasteiger partial charge < -0.3 is 20.9 Å². The third-order valence-corrected chi connectivity index (χ3v) is 5.73. The largest absolute Gasteiger partial charge is 0.361 e. The fraction of sp³-hybridized carbons (Fsp3) is 0.333. The number of nitrogens with one attached hydrogen (secondary N) is 2. The molecule has 0 bridgehead atoms. The summed E-state index contributed by atoms with van der Waals surface area (Å²) in [6.07, 6.45) is 3.14. The summed E-state index contributed by atoms with van der Waals surface area (Å²) in [7, 11) is 0. The second-order valence-electron chi connectivity index (χ2n) is 8.59. The van der Waals surface area contributed by atoms with Crippen molar-refractivity contribution in [3.8, 4) is 0 Å². The van der Waals surface area contributed by atoms with E-state index in [-0.39, 0.29) is 24.2 Å². The number of hydrogen-bond acceptors (Lipinski definition) is 3. The van der Waals surface area contributed by atoms with E-state index in [0.29, 0.717) is 19.5 Å². The minimum absolute atomic E-state index is 0. The Balaban J connectivity index is 0.00000272. The van der Waals surface area contributed by atoms with Crippen LogP contribution in [0.5, 0.6) is 0 Å². The molecule has 0 saturated heterocycles. The summed E-state index contributed by atoms with van der Waals surface area (Å²) in [5.74, 6) is -0.412. The lowest BCUT2D eigenvalue weighted by molar-refractivity contribution is -0.138. The number of rotatable bonds is 5. The second-order valence-corrected chi connectivity index (χ2v) is 8.59. The molecule has 7 heteroatoms. The van der Waals surface area contributed by atoms with Gasteiger partial charge in [-0.05, 0) is 43.0 Å². The maximum atomic E-state index is 13.5. The number of carbonyl (C=O) groups excluding carboxylic acids is 2.